The molecule has 0 saturated carbocycles. The van der Waals surface area contributed by atoms with Crippen LogP contribution in [0.4, 0.5) is 5.13 Å². The highest BCUT2D eigenvalue weighted by Crippen LogP contribution is 2.31. The molecule has 0 aliphatic rings. The van der Waals surface area contributed by atoms with Crippen LogP contribution in [0.1, 0.15) is 20.8 Å². The molecule has 1 amide bonds. The fourth-order valence-corrected chi connectivity index (χ4v) is 4.15. The number of carbonyl (C=O) groups excluding carboxylic acids is 1. The van der Waals surface area contributed by atoms with Gasteiger partial charge in [0, 0.05) is 20.1 Å². The van der Waals surface area contributed by atoms with Crippen LogP contribution in [0.3, 0.4) is 0 Å². The van der Waals surface area contributed by atoms with Gasteiger partial charge in [0.1, 0.15) is 5.75 Å². The molecule has 2 aromatic rings. The second-order valence-electron chi connectivity index (χ2n) is 6.65. The van der Waals surface area contributed by atoms with Crippen molar-refractivity contribution in [2.24, 2.45) is 0 Å². The number of hydrogen-bond acceptors (Lipinski definition) is 7. The first-order valence-electron chi connectivity index (χ1n) is 9.67. The Morgan fingerprint density at radius 2 is 1.83 bits per heavy atom. The summed E-state index contributed by atoms with van der Waals surface area (Å²) in [4.78, 5) is 21.4. The van der Waals surface area contributed by atoms with Crippen molar-refractivity contribution in [1.82, 2.24) is 14.2 Å². The molecule has 0 fully saturated rings. The molecule has 2 rings (SSSR count). The molecular weight excluding hydrogens is 448 g/mol. The van der Waals surface area contributed by atoms with E-state index < -0.39 is 10.0 Å². The van der Waals surface area contributed by atoms with Crippen LogP contribution in [0, 0.1) is 0 Å². The number of likely N-dealkylation sites (N-methyl/N-ethyl adjacent to an activating group) is 2. The van der Waals surface area contributed by atoms with Gasteiger partial charge in [0.2, 0.25) is 15.9 Å². The van der Waals surface area contributed by atoms with Crippen LogP contribution in [-0.2, 0) is 14.8 Å². The van der Waals surface area contributed by atoms with E-state index in [9.17, 15) is 13.2 Å². The van der Waals surface area contributed by atoms with Crippen molar-refractivity contribution in [3.8, 4) is 5.75 Å². The third-order valence-electron chi connectivity index (χ3n) is 4.65. The lowest BCUT2D eigenvalue weighted by Gasteiger charge is -2.26. The number of rotatable bonds is 11. The van der Waals surface area contributed by atoms with Gasteiger partial charge in [-0.25, -0.2) is 13.4 Å². The highest BCUT2D eigenvalue weighted by atomic mass is 35.5. The predicted molar refractivity (Wildman–Crippen MR) is 126 cm³/mol. The minimum Gasteiger partial charge on any atom is -0.494 e. The van der Waals surface area contributed by atoms with Crippen LogP contribution in [-0.4, -0.2) is 81.1 Å². The van der Waals surface area contributed by atoms with E-state index in [4.69, 9.17) is 4.74 Å². The number of benzene rings is 1. The first kappa shape index (κ1) is 26.6. The molecule has 0 N–H and O–H groups in total. The standard InChI is InChI=1S/C19H30N4O4S2.ClH/c1-6-22(7-2)11-12-23(18(24)14-21(4)29(5,25)26)19-20-16-10-9-15(27-8-3)13-17(16)28-19;/h9-10,13H,6-8,11-12,14H2,1-5H3;1H. The van der Waals surface area contributed by atoms with Crippen LogP contribution in [0.25, 0.3) is 10.2 Å². The maximum Gasteiger partial charge on any atom is 0.244 e. The average molecular weight is 479 g/mol. The maximum absolute atomic E-state index is 13.0. The van der Waals surface area contributed by atoms with Gasteiger partial charge in [-0.1, -0.05) is 25.2 Å². The van der Waals surface area contributed by atoms with Crippen molar-refractivity contribution in [3.05, 3.63) is 18.2 Å². The van der Waals surface area contributed by atoms with Gasteiger partial charge >= 0.3 is 0 Å². The molecule has 1 aromatic carbocycles. The fourth-order valence-electron chi connectivity index (χ4n) is 2.77. The Labute approximate surface area is 189 Å². The summed E-state index contributed by atoms with van der Waals surface area (Å²) >= 11 is 1.40. The minimum absolute atomic E-state index is 0. The summed E-state index contributed by atoms with van der Waals surface area (Å²) in [6.07, 6.45) is 1.09. The summed E-state index contributed by atoms with van der Waals surface area (Å²) in [6, 6.07) is 5.64. The average Bonchev–Trinajstić information content (AvgIpc) is 3.07. The maximum atomic E-state index is 13.0. The number of anilines is 1. The molecule has 11 heteroatoms. The van der Waals surface area contributed by atoms with E-state index in [1.165, 1.54) is 18.4 Å². The van der Waals surface area contributed by atoms with Crippen LogP contribution >= 0.6 is 23.7 Å². The van der Waals surface area contributed by atoms with E-state index in [0.29, 0.717) is 24.8 Å². The Morgan fingerprint density at radius 1 is 1.17 bits per heavy atom. The van der Waals surface area contributed by atoms with Gasteiger partial charge in [-0.2, -0.15) is 4.31 Å². The van der Waals surface area contributed by atoms with Crippen LogP contribution < -0.4 is 9.64 Å². The summed E-state index contributed by atoms with van der Waals surface area (Å²) in [5, 5.41) is 0.563. The summed E-state index contributed by atoms with van der Waals surface area (Å²) in [7, 11) is -2.04. The highest BCUT2D eigenvalue weighted by Gasteiger charge is 2.24. The molecule has 0 atom stereocenters. The molecule has 0 radical (unpaired) electrons. The number of ether oxygens (including phenoxy) is 1. The van der Waals surface area contributed by atoms with Gasteiger partial charge in [-0.05, 0) is 38.2 Å². The van der Waals surface area contributed by atoms with Crippen LogP contribution in [0.5, 0.6) is 5.75 Å². The smallest absolute Gasteiger partial charge is 0.244 e. The second kappa shape index (κ2) is 11.8. The van der Waals surface area contributed by atoms with Crippen molar-refractivity contribution >= 4 is 55.0 Å². The lowest BCUT2D eigenvalue weighted by molar-refractivity contribution is -0.118. The number of amides is 1. The van der Waals surface area contributed by atoms with E-state index in [-0.39, 0.29) is 24.9 Å². The molecule has 0 unspecified atom stereocenters. The molecule has 0 spiro atoms. The number of thiazole rings is 1. The highest BCUT2D eigenvalue weighted by molar-refractivity contribution is 7.88. The normalized spacial score (nSPS) is 11.7. The zero-order valence-corrected chi connectivity index (χ0v) is 20.6. The summed E-state index contributed by atoms with van der Waals surface area (Å²) in [5.41, 5.74) is 0.783. The quantitative estimate of drug-likeness (QED) is 0.493. The van der Waals surface area contributed by atoms with Crippen LogP contribution in [0.15, 0.2) is 18.2 Å². The molecule has 1 aromatic heterocycles. The summed E-state index contributed by atoms with van der Waals surface area (Å²) in [6.45, 7) is 9.28. The van der Waals surface area contributed by atoms with Crippen LogP contribution in [0.2, 0.25) is 0 Å². The Morgan fingerprint density at radius 3 is 2.40 bits per heavy atom. The number of carbonyl (C=O) groups is 1. The van der Waals surface area contributed by atoms with Gasteiger partial charge in [0.15, 0.2) is 5.13 Å². The van der Waals surface area contributed by atoms with Gasteiger partial charge in [-0.15, -0.1) is 12.4 Å². The Bertz CT molecular complexity index is 932. The Hall–Kier alpha value is -1.46. The zero-order chi connectivity index (χ0) is 21.6. The van der Waals surface area contributed by atoms with Crippen molar-refractivity contribution < 1.29 is 17.9 Å². The van der Waals surface area contributed by atoms with E-state index in [2.05, 4.69) is 23.7 Å². The molecule has 30 heavy (non-hydrogen) atoms. The molecule has 0 saturated heterocycles. The predicted octanol–water partition coefficient (Wildman–Crippen LogP) is 2.68. The Kier molecular flexibility index (Phi) is 10.5. The zero-order valence-electron chi connectivity index (χ0n) is 18.1. The van der Waals surface area contributed by atoms with E-state index in [0.717, 1.165) is 39.6 Å². The fraction of sp³-hybridized carbons (Fsp3) is 0.579. The molecular formula is C19H31ClN4O4S2. The molecule has 0 aliphatic heterocycles. The number of nitrogens with zero attached hydrogens (tertiary/aromatic N) is 4. The van der Waals surface area contributed by atoms with Gasteiger partial charge in [0.05, 0.1) is 29.6 Å². The van der Waals surface area contributed by atoms with E-state index >= 15 is 0 Å². The third kappa shape index (κ3) is 7.05. The van der Waals surface area contributed by atoms with Crippen molar-refractivity contribution in [3.63, 3.8) is 0 Å². The van der Waals surface area contributed by atoms with Gasteiger partial charge in [-0.3, -0.25) is 9.69 Å². The number of sulfonamides is 1. The molecule has 1 heterocycles. The number of halogens is 1. The topological polar surface area (TPSA) is 83.1 Å². The molecule has 8 nitrogen and oxygen atoms in total. The number of fused-ring (bicyclic) bond motifs is 1. The first-order valence-corrected chi connectivity index (χ1v) is 12.3. The first-order chi connectivity index (χ1) is 13.7. The van der Waals surface area contributed by atoms with E-state index in [1.807, 2.05) is 25.1 Å². The van der Waals surface area contributed by atoms with Gasteiger partial charge in [0.25, 0.3) is 0 Å². The molecule has 0 bridgehead atoms. The largest absolute Gasteiger partial charge is 0.494 e. The van der Waals surface area contributed by atoms with E-state index in [1.54, 1.807) is 4.90 Å². The minimum atomic E-state index is -3.45. The Balaban J connectivity index is 0.00000450. The van der Waals surface area contributed by atoms with Crippen molar-refractivity contribution in [2.45, 2.75) is 20.8 Å². The molecule has 0 aliphatic carbocycles. The monoisotopic (exact) mass is 478 g/mol. The summed E-state index contributed by atoms with van der Waals surface area (Å²) < 4.78 is 31.0. The van der Waals surface area contributed by atoms with Gasteiger partial charge < -0.3 is 9.64 Å². The SMILES string of the molecule is CCOc1ccc2nc(N(CCN(CC)CC)C(=O)CN(C)S(C)(=O)=O)sc2c1.Cl. The lowest BCUT2D eigenvalue weighted by atomic mass is 10.3. The van der Waals surface area contributed by atoms with Crippen molar-refractivity contribution in [2.75, 3.05) is 57.5 Å². The second-order valence-corrected chi connectivity index (χ2v) is 9.75. The number of aromatic nitrogens is 1. The molecule has 170 valence electrons. The number of hydrogen-bond donors (Lipinski definition) is 0. The lowest BCUT2D eigenvalue weighted by Crippen LogP contribution is -2.44. The summed E-state index contributed by atoms with van der Waals surface area (Å²) in [5.74, 6) is 0.460. The third-order valence-corrected chi connectivity index (χ3v) is 6.95. The van der Waals surface area contributed by atoms with Crippen molar-refractivity contribution in [1.29, 1.82) is 0 Å².